The number of carbonyl (C=O) groups is 1. The molecule has 0 bridgehead atoms. The number of fused-ring (bicyclic) bond motifs is 1. The van der Waals surface area contributed by atoms with Crippen LogP contribution in [-0.4, -0.2) is 35.8 Å². The SMILES string of the molecule is O=C(OCc1ccccc1)N1CCC(COc2noc3ccccc23)CC1. The normalized spacial score (nSPS) is 15.0. The van der Waals surface area contributed by atoms with Crippen LogP contribution in [0.5, 0.6) is 5.88 Å². The summed E-state index contributed by atoms with van der Waals surface area (Å²) in [6, 6.07) is 17.4. The number of rotatable bonds is 5. The zero-order valence-electron chi connectivity index (χ0n) is 15.0. The molecule has 140 valence electrons. The second-order valence-electron chi connectivity index (χ2n) is 6.77. The predicted octanol–water partition coefficient (Wildman–Crippen LogP) is 4.26. The molecule has 1 aromatic heterocycles. The van der Waals surface area contributed by atoms with Gasteiger partial charge in [0.1, 0.15) is 6.61 Å². The van der Waals surface area contributed by atoms with Crippen molar-refractivity contribution in [2.24, 2.45) is 5.92 Å². The average Bonchev–Trinajstić information content (AvgIpc) is 3.15. The number of nitrogens with zero attached hydrogens (tertiary/aromatic N) is 2. The minimum absolute atomic E-state index is 0.249. The molecular formula is C21H22N2O4. The molecule has 1 aliphatic heterocycles. The van der Waals surface area contributed by atoms with Gasteiger partial charge in [0.05, 0.1) is 12.0 Å². The first-order valence-electron chi connectivity index (χ1n) is 9.22. The lowest BCUT2D eigenvalue weighted by molar-refractivity contribution is 0.0756. The largest absolute Gasteiger partial charge is 0.475 e. The summed E-state index contributed by atoms with van der Waals surface area (Å²) in [7, 11) is 0. The molecule has 0 spiro atoms. The van der Waals surface area contributed by atoms with Crippen LogP contribution in [0.15, 0.2) is 59.1 Å². The molecule has 0 radical (unpaired) electrons. The molecule has 3 aromatic rings. The van der Waals surface area contributed by atoms with Gasteiger partial charge in [-0.15, -0.1) is 0 Å². The zero-order valence-corrected chi connectivity index (χ0v) is 15.0. The van der Waals surface area contributed by atoms with Crippen LogP contribution in [0.2, 0.25) is 0 Å². The summed E-state index contributed by atoms with van der Waals surface area (Å²) in [5.74, 6) is 0.925. The Bertz CT molecular complexity index is 885. The molecule has 2 heterocycles. The molecule has 1 aliphatic rings. The first-order valence-corrected chi connectivity index (χ1v) is 9.22. The van der Waals surface area contributed by atoms with Crippen LogP contribution in [0.4, 0.5) is 4.79 Å². The summed E-state index contributed by atoms with van der Waals surface area (Å²) < 4.78 is 16.5. The predicted molar refractivity (Wildman–Crippen MR) is 100 cm³/mol. The van der Waals surface area contributed by atoms with E-state index in [0.717, 1.165) is 29.4 Å². The number of likely N-dealkylation sites (tertiary alicyclic amines) is 1. The smallest absolute Gasteiger partial charge is 0.410 e. The molecule has 27 heavy (non-hydrogen) atoms. The number of aromatic nitrogens is 1. The van der Waals surface area contributed by atoms with Gasteiger partial charge in [-0.05, 0) is 41.6 Å². The third-order valence-electron chi connectivity index (χ3n) is 4.88. The molecule has 6 heteroatoms. The van der Waals surface area contributed by atoms with E-state index < -0.39 is 0 Å². The van der Waals surface area contributed by atoms with E-state index in [1.807, 2.05) is 54.6 Å². The Labute approximate surface area is 157 Å². The third-order valence-corrected chi connectivity index (χ3v) is 4.88. The molecule has 2 aromatic carbocycles. The molecule has 4 rings (SSSR count). The highest BCUT2D eigenvalue weighted by molar-refractivity contribution is 5.81. The minimum atomic E-state index is -0.249. The Morgan fingerprint density at radius 3 is 2.63 bits per heavy atom. The van der Waals surface area contributed by atoms with Crippen molar-refractivity contribution >= 4 is 17.1 Å². The average molecular weight is 366 g/mol. The minimum Gasteiger partial charge on any atom is -0.475 e. The Morgan fingerprint density at radius 2 is 1.81 bits per heavy atom. The van der Waals surface area contributed by atoms with Gasteiger partial charge < -0.3 is 18.9 Å². The van der Waals surface area contributed by atoms with E-state index >= 15 is 0 Å². The van der Waals surface area contributed by atoms with Crippen LogP contribution < -0.4 is 4.74 Å². The summed E-state index contributed by atoms with van der Waals surface area (Å²) in [6.45, 7) is 2.24. The zero-order chi connectivity index (χ0) is 18.5. The number of piperidine rings is 1. The number of benzene rings is 2. The van der Waals surface area contributed by atoms with Crippen LogP contribution in [0, 0.1) is 5.92 Å². The molecule has 1 saturated heterocycles. The Morgan fingerprint density at radius 1 is 1.07 bits per heavy atom. The van der Waals surface area contributed by atoms with Gasteiger partial charge in [-0.2, -0.15) is 0 Å². The molecule has 1 fully saturated rings. The number of amides is 1. The van der Waals surface area contributed by atoms with Crippen molar-refractivity contribution in [3.05, 3.63) is 60.2 Å². The first kappa shape index (κ1) is 17.4. The van der Waals surface area contributed by atoms with Crippen molar-refractivity contribution in [2.45, 2.75) is 19.4 Å². The lowest BCUT2D eigenvalue weighted by Crippen LogP contribution is -2.40. The quantitative estimate of drug-likeness (QED) is 0.675. The van der Waals surface area contributed by atoms with Crippen molar-refractivity contribution in [2.75, 3.05) is 19.7 Å². The molecule has 0 saturated carbocycles. The van der Waals surface area contributed by atoms with Gasteiger partial charge >= 0.3 is 6.09 Å². The summed E-state index contributed by atoms with van der Waals surface area (Å²) in [5, 5.41) is 4.88. The highest BCUT2D eigenvalue weighted by Gasteiger charge is 2.24. The topological polar surface area (TPSA) is 64.8 Å². The summed E-state index contributed by atoms with van der Waals surface area (Å²) >= 11 is 0. The van der Waals surface area contributed by atoms with E-state index in [1.54, 1.807) is 4.90 Å². The molecule has 0 aliphatic carbocycles. The fourth-order valence-electron chi connectivity index (χ4n) is 3.26. The lowest BCUT2D eigenvalue weighted by Gasteiger charge is -2.31. The maximum absolute atomic E-state index is 12.2. The number of hydrogen-bond acceptors (Lipinski definition) is 5. The Hall–Kier alpha value is -3.02. The fourth-order valence-corrected chi connectivity index (χ4v) is 3.26. The van der Waals surface area contributed by atoms with Gasteiger partial charge in [0.15, 0.2) is 5.58 Å². The van der Waals surface area contributed by atoms with Crippen LogP contribution in [0.1, 0.15) is 18.4 Å². The lowest BCUT2D eigenvalue weighted by atomic mass is 9.98. The van der Waals surface area contributed by atoms with E-state index in [-0.39, 0.29) is 6.09 Å². The fraction of sp³-hybridized carbons (Fsp3) is 0.333. The van der Waals surface area contributed by atoms with E-state index in [1.165, 1.54) is 0 Å². The second-order valence-corrected chi connectivity index (χ2v) is 6.77. The number of para-hydroxylation sites is 1. The molecule has 1 amide bonds. The van der Waals surface area contributed by atoms with Gasteiger partial charge in [0, 0.05) is 13.1 Å². The highest BCUT2D eigenvalue weighted by atomic mass is 16.6. The highest BCUT2D eigenvalue weighted by Crippen LogP contribution is 2.26. The van der Waals surface area contributed by atoms with E-state index in [9.17, 15) is 4.79 Å². The molecular weight excluding hydrogens is 344 g/mol. The summed E-state index contributed by atoms with van der Waals surface area (Å²) in [5.41, 5.74) is 1.72. The van der Waals surface area contributed by atoms with Crippen molar-refractivity contribution in [3.63, 3.8) is 0 Å². The van der Waals surface area contributed by atoms with Gasteiger partial charge in [-0.3, -0.25) is 0 Å². The van der Waals surface area contributed by atoms with Crippen molar-refractivity contribution in [3.8, 4) is 5.88 Å². The van der Waals surface area contributed by atoms with Crippen LogP contribution in [0.3, 0.4) is 0 Å². The number of carbonyl (C=O) groups excluding carboxylic acids is 1. The van der Waals surface area contributed by atoms with Crippen molar-refractivity contribution in [1.29, 1.82) is 0 Å². The standard InChI is InChI=1S/C21H22N2O4/c24-21(26-15-16-6-2-1-3-7-16)23-12-10-17(11-13-23)14-25-20-18-8-4-5-9-19(18)27-22-20/h1-9,17H,10-15H2. The van der Waals surface area contributed by atoms with Gasteiger partial charge in [0.2, 0.25) is 0 Å². The van der Waals surface area contributed by atoms with Crippen molar-refractivity contribution < 1.29 is 18.8 Å². The van der Waals surface area contributed by atoms with E-state index in [4.69, 9.17) is 14.0 Å². The summed E-state index contributed by atoms with van der Waals surface area (Å²) in [4.78, 5) is 14.0. The van der Waals surface area contributed by atoms with E-state index in [2.05, 4.69) is 5.16 Å². The molecule has 0 N–H and O–H groups in total. The number of hydrogen-bond donors (Lipinski definition) is 0. The summed E-state index contributed by atoms with van der Waals surface area (Å²) in [6.07, 6.45) is 1.52. The number of ether oxygens (including phenoxy) is 2. The second kappa shape index (κ2) is 8.12. The maximum Gasteiger partial charge on any atom is 0.410 e. The Kier molecular flexibility index (Phi) is 5.23. The van der Waals surface area contributed by atoms with Gasteiger partial charge in [-0.25, -0.2) is 4.79 Å². The molecule has 6 nitrogen and oxygen atoms in total. The van der Waals surface area contributed by atoms with Gasteiger partial charge in [0.25, 0.3) is 5.88 Å². The molecule has 0 unspecified atom stereocenters. The third kappa shape index (κ3) is 4.22. The van der Waals surface area contributed by atoms with E-state index in [0.29, 0.717) is 38.1 Å². The van der Waals surface area contributed by atoms with Crippen LogP contribution in [-0.2, 0) is 11.3 Å². The monoisotopic (exact) mass is 366 g/mol. The Balaban J connectivity index is 1.22. The van der Waals surface area contributed by atoms with Gasteiger partial charge in [-0.1, -0.05) is 42.5 Å². The molecule has 0 atom stereocenters. The maximum atomic E-state index is 12.2. The van der Waals surface area contributed by atoms with Crippen LogP contribution in [0.25, 0.3) is 11.0 Å². The van der Waals surface area contributed by atoms with Crippen molar-refractivity contribution in [1.82, 2.24) is 10.1 Å². The van der Waals surface area contributed by atoms with Crippen LogP contribution >= 0.6 is 0 Å². The first-order chi connectivity index (χ1) is 13.3.